The van der Waals surface area contributed by atoms with Gasteiger partial charge in [0.1, 0.15) is 24.2 Å². The average molecular weight is 344 g/mol. The first kappa shape index (κ1) is 17.4. The molecule has 1 aromatic carbocycles. The van der Waals surface area contributed by atoms with Crippen LogP contribution < -0.4 is 15.4 Å². The number of hydrogen-bond acceptors (Lipinski definition) is 4. The quantitative estimate of drug-likeness (QED) is 0.778. The first-order valence-electron chi connectivity index (χ1n) is 8.47. The van der Waals surface area contributed by atoms with Crippen LogP contribution in [0.1, 0.15) is 47.9 Å². The summed E-state index contributed by atoms with van der Waals surface area (Å²) in [5.41, 5.74) is 3.28. The van der Waals surface area contributed by atoms with Gasteiger partial charge < -0.3 is 24.9 Å². The van der Waals surface area contributed by atoms with Crippen LogP contribution in [0.4, 0.5) is 4.79 Å². The van der Waals surface area contributed by atoms with Crippen molar-refractivity contribution in [2.24, 2.45) is 0 Å². The molecule has 0 aliphatic carbocycles. The third kappa shape index (κ3) is 3.79. The van der Waals surface area contributed by atoms with Crippen molar-refractivity contribution in [2.45, 2.75) is 45.4 Å². The minimum absolute atomic E-state index is 0.170. The number of urea groups is 1. The fourth-order valence-electron chi connectivity index (χ4n) is 3.07. The molecule has 0 saturated heterocycles. The summed E-state index contributed by atoms with van der Waals surface area (Å²) in [5, 5.41) is 15.9. The van der Waals surface area contributed by atoms with Gasteiger partial charge in [0.05, 0.1) is 12.3 Å². The highest BCUT2D eigenvalue weighted by Crippen LogP contribution is 2.36. The normalized spacial score (nSPS) is 18.2. The van der Waals surface area contributed by atoms with E-state index >= 15 is 0 Å². The summed E-state index contributed by atoms with van der Waals surface area (Å²) in [6, 6.07) is 6.83. The standard InChI is InChI=1S/C19H24N2O4/c1-11-6-7-14-15(10-25-18(14)13(11)3)21-19(23)20-12(2)9-16(22)17-5-4-8-24-17/h4-8,12,15-16,22H,9-10H2,1-3H3,(H2,20,21,23)/t12-,15-,16+/m0/s1. The molecule has 0 spiro atoms. The molecule has 6 heteroatoms. The molecule has 1 aliphatic rings. The highest BCUT2D eigenvalue weighted by Gasteiger charge is 2.28. The Morgan fingerprint density at radius 1 is 1.36 bits per heavy atom. The average Bonchev–Trinajstić information content (AvgIpc) is 3.21. The summed E-state index contributed by atoms with van der Waals surface area (Å²) < 4.78 is 10.9. The summed E-state index contributed by atoms with van der Waals surface area (Å²) in [4.78, 5) is 12.3. The monoisotopic (exact) mass is 344 g/mol. The molecule has 2 amide bonds. The molecule has 3 rings (SSSR count). The predicted molar refractivity (Wildman–Crippen MR) is 93.6 cm³/mol. The largest absolute Gasteiger partial charge is 0.490 e. The minimum atomic E-state index is -0.744. The van der Waals surface area contributed by atoms with Gasteiger partial charge in [0, 0.05) is 18.0 Å². The van der Waals surface area contributed by atoms with E-state index in [0.29, 0.717) is 18.8 Å². The van der Waals surface area contributed by atoms with Gasteiger partial charge in [-0.3, -0.25) is 0 Å². The lowest BCUT2D eigenvalue weighted by Crippen LogP contribution is -2.43. The Kier molecular flexibility index (Phi) is 4.99. The number of nitrogens with one attached hydrogen (secondary N) is 2. The Morgan fingerprint density at radius 2 is 2.16 bits per heavy atom. The third-order valence-corrected chi connectivity index (χ3v) is 4.61. The molecule has 0 fully saturated rings. The minimum Gasteiger partial charge on any atom is -0.490 e. The number of furan rings is 1. The van der Waals surface area contributed by atoms with Crippen molar-refractivity contribution in [1.82, 2.24) is 10.6 Å². The molecule has 3 atom stereocenters. The Hall–Kier alpha value is -2.47. The second-order valence-electron chi connectivity index (χ2n) is 6.58. The number of benzene rings is 1. The molecule has 25 heavy (non-hydrogen) atoms. The van der Waals surface area contributed by atoms with Crippen molar-refractivity contribution >= 4 is 6.03 Å². The molecule has 3 N–H and O–H groups in total. The summed E-state index contributed by atoms with van der Waals surface area (Å²) >= 11 is 0. The van der Waals surface area contributed by atoms with Gasteiger partial charge in [0.15, 0.2) is 0 Å². The molecular formula is C19H24N2O4. The van der Waals surface area contributed by atoms with E-state index in [4.69, 9.17) is 9.15 Å². The number of aryl methyl sites for hydroxylation is 1. The third-order valence-electron chi connectivity index (χ3n) is 4.61. The van der Waals surface area contributed by atoms with Crippen LogP contribution in [0.2, 0.25) is 0 Å². The molecule has 0 bridgehead atoms. The zero-order chi connectivity index (χ0) is 18.0. The van der Waals surface area contributed by atoms with Crippen molar-refractivity contribution in [3.8, 4) is 5.75 Å². The van der Waals surface area contributed by atoms with Crippen molar-refractivity contribution < 1.29 is 19.1 Å². The molecule has 1 aliphatic heterocycles. The number of carbonyl (C=O) groups excluding carboxylic acids is 1. The summed E-state index contributed by atoms with van der Waals surface area (Å²) in [6.07, 6.45) is 1.15. The van der Waals surface area contributed by atoms with E-state index in [1.165, 1.54) is 11.8 Å². The molecule has 0 radical (unpaired) electrons. The van der Waals surface area contributed by atoms with E-state index in [9.17, 15) is 9.90 Å². The van der Waals surface area contributed by atoms with E-state index in [1.807, 2.05) is 32.9 Å². The van der Waals surface area contributed by atoms with Crippen LogP contribution in [0, 0.1) is 13.8 Å². The van der Waals surface area contributed by atoms with Crippen LogP contribution in [-0.2, 0) is 0 Å². The topological polar surface area (TPSA) is 83.7 Å². The van der Waals surface area contributed by atoms with Gasteiger partial charge in [-0.2, -0.15) is 0 Å². The summed E-state index contributed by atoms with van der Waals surface area (Å²) in [6.45, 7) is 6.34. The number of rotatable bonds is 5. The van der Waals surface area contributed by atoms with Gasteiger partial charge in [0.2, 0.25) is 0 Å². The lowest BCUT2D eigenvalue weighted by molar-refractivity contribution is 0.129. The lowest BCUT2D eigenvalue weighted by atomic mass is 10.0. The van der Waals surface area contributed by atoms with Crippen molar-refractivity contribution in [3.63, 3.8) is 0 Å². The zero-order valence-corrected chi connectivity index (χ0v) is 14.7. The van der Waals surface area contributed by atoms with Gasteiger partial charge in [-0.05, 0) is 44.0 Å². The zero-order valence-electron chi connectivity index (χ0n) is 14.7. The van der Waals surface area contributed by atoms with E-state index in [1.54, 1.807) is 12.1 Å². The molecule has 0 unspecified atom stereocenters. The number of aliphatic hydroxyl groups excluding tert-OH is 1. The summed E-state index contributed by atoms with van der Waals surface area (Å²) in [7, 11) is 0. The van der Waals surface area contributed by atoms with Crippen molar-refractivity contribution in [1.29, 1.82) is 0 Å². The highest BCUT2D eigenvalue weighted by molar-refractivity contribution is 5.75. The number of carbonyl (C=O) groups is 1. The van der Waals surface area contributed by atoms with E-state index in [-0.39, 0.29) is 18.1 Å². The van der Waals surface area contributed by atoms with Gasteiger partial charge >= 0.3 is 6.03 Å². The Bertz CT molecular complexity index is 742. The second kappa shape index (κ2) is 7.19. The maximum atomic E-state index is 12.3. The Morgan fingerprint density at radius 3 is 2.88 bits per heavy atom. The number of fused-ring (bicyclic) bond motifs is 1. The van der Waals surface area contributed by atoms with Crippen LogP contribution in [-0.4, -0.2) is 23.8 Å². The number of ether oxygens (including phenoxy) is 1. The summed E-state index contributed by atoms with van der Waals surface area (Å²) in [5.74, 6) is 1.37. The second-order valence-corrected chi connectivity index (χ2v) is 6.58. The first-order chi connectivity index (χ1) is 12.0. The van der Waals surface area contributed by atoms with Gasteiger partial charge in [-0.25, -0.2) is 4.79 Å². The SMILES string of the molecule is Cc1ccc2c(c1C)OC[C@@H]2NC(=O)N[C@@H](C)C[C@@H](O)c1ccco1. The smallest absolute Gasteiger partial charge is 0.315 e. The fourth-order valence-corrected chi connectivity index (χ4v) is 3.07. The Balaban J connectivity index is 1.55. The number of hydrogen-bond donors (Lipinski definition) is 3. The van der Waals surface area contributed by atoms with Crippen LogP contribution >= 0.6 is 0 Å². The van der Waals surface area contributed by atoms with Gasteiger partial charge in [0.25, 0.3) is 0 Å². The maximum Gasteiger partial charge on any atom is 0.315 e. The first-order valence-corrected chi connectivity index (χ1v) is 8.47. The molecule has 6 nitrogen and oxygen atoms in total. The van der Waals surface area contributed by atoms with E-state index in [2.05, 4.69) is 10.6 Å². The molecule has 2 heterocycles. The van der Waals surface area contributed by atoms with Gasteiger partial charge in [-0.15, -0.1) is 0 Å². The molecule has 134 valence electrons. The van der Waals surface area contributed by atoms with Gasteiger partial charge in [-0.1, -0.05) is 12.1 Å². The highest BCUT2D eigenvalue weighted by atomic mass is 16.5. The molecule has 1 aromatic heterocycles. The van der Waals surface area contributed by atoms with Crippen LogP contribution in [0.3, 0.4) is 0 Å². The number of amides is 2. The van der Waals surface area contributed by atoms with Crippen LogP contribution in [0.25, 0.3) is 0 Å². The van der Waals surface area contributed by atoms with Crippen LogP contribution in [0.15, 0.2) is 34.9 Å². The Labute approximate surface area is 147 Å². The maximum absolute atomic E-state index is 12.3. The molecule has 2 aromatic rings. The lowest BCUT2D eigenvalue weighted by Gasteiger charge is -2.19. The fraction of sp³-hybridized carbons (Fsp3) is 0.421. The van der Waals surface area contributed by atoms with E-state index in [0.717, 1.165) is 16.9 Å². The molecular weight excluding hydrogens is 320 g/mol. The number of aliphatic hydroxyl groups is 1. The molecule has 0 saturated carbocycles. The predicted octanol–water partition coefficient (Wildman–Crippen LogP) is 3.14. The van der Waals surface area contributed by atoms with Crippen molar-refractivity contribution in [3.05, 3.63) is 53.0 Å². The van der Waals surface area contributed by atoms with Crippen LogP contribution in [0.5, 0.6) is 5.75 Å². The van der Waals surface area contributed by atoms with Crippen molar-refractivity contribution in [2.75, 3.05) is 6.61 Å². The van der Waals surface area contributed by atoms with E-state index < -0.39 is 6.10 Å².